The standard InChI is InChI=1S/C31H20F6/c32-30(33,34)26-16-12-22(13-17-26)20-4-8-24(9-5-20)28-2-1-3-29(28)25-10-6-21(7-11-25)23-14-18-27(19-15-23)31(35,36)37/h2-19H,1H2. The van der Waals surface area contributed by atoms with E-state index in [1.807, 2.05) is 48.5 Å². The second-order valence-electron chi connectivity index (χ2n) is 8.78. The Morgan fingerprint density at radius 3 is 0.865 bits per heavy atom. The SMILES string of the molecule is FC(F)(F)c1ccc(-c2ccc(C3=CCC=C3c3ccc(-c4ccc(C(F)(F)F)cc4)cc3)cc2)cc1. The summed E-state index contributed by atoms with van der Waals surface area (Å²) in [7, 11) is 0. The molecule has 1 aliphatic rings. The summed E-state index contributed by atoms with van der Waals surface area (Å²) in [6.07, 6.45) is -3.73. The largest absolute Gasteiger partial charge is 0.416 e. The van der Waals surface area contributed by atoms with E-state index in [1.165, 1.54) is 24.3 Å². The maximum absolute atomic E-state index is 12.8. The molecule has 0 N–H and O–H groups in total. The van der Waals surface area contributed by atoms with E-state index in [1.54, 1.807) is 0 Å². The Morgan fingerprint density at radius 1 is 0.351 bits per heavy atom. The molecule has 0 bridgehead atoms. The fourth-order valence-corrected chi connectivity index (χ4v) is 4.45. The van der Waals surface area contributed by atoms with Crippen LogP contribution in [0.4, 0.5) is 26.3 Å². The Bertz CT molecular complexity index is 1340. The van der Waals surface area contributed by atoms with Crippen molar-refractivity contribution in [2.45, 2.75) is 18.8 Å². The van der Waals surface area contributed by atoms with Crippen molar-refractivity contribution in [2.24, 2.45) is 0 Å². The molecule has 0 heterocycles. The summed E-state index contributed by atoms with van der Waals surface area (Å²) in [6.45, 7) is 0. The molecule has 5 rings (SSSR count). The summed E-state index contributed by atoms with van der Waals surface area (Å²) in [5.41, 5.74) is 5.79. The Hall–Kier alpha value is -4.06. The van der Waals surface area contributed by atoms with Gasteiger partial charge in [-0.05, 0) is 75.2 Å². The minimum absolute atomic E-state index is 0.678. The predicted molar refractivity (Wildman–Crippen MR) is 134 cm³/mol. The quantitative estimate of drug-likeness (QED) is 0.242. The summed E-state index contributed by atoms with van der Waals surface area (Å²) >= 11 is 0. The average molecular weight is 506 g/mol. The number of benzene rings is 4. The molecular weight excluding hydrogens is 486 g/mol. The zero-order chi connectivity index (χ0) is 26.2. The fraction of sp³-hybridized carbons (Fsp3) is 0.0968. The molecule has 4 aromatic carbocycles. The van der Waals surface area contributed by atoms with Crippen LogP contribution in [0.15, 0.2) is 109 Å². The van der Waals surface area contributed by atoms with E-state index < -0.39 is 23.5 Å². The number of halogens is 6. The topological polar surface area (TPSA) is 0 Å². The Labute approximate surface area is 210 Å². The molecule has 0 spiro atoms. The molecule has 0 nitrogen and oxygen atoms in total. The number of alkyl halides is 6. The van der Waals surface area contributed by atoms with Gasteiger partial charge in [-0.15, -0.1) is 0 Å². The van der Waals surface area contributed by atoms with Gasteiger partial charge in [-0.1, -0.05) is 84.9 Å². The van der Waals surface area contributed by atoms with E-state index in [0.29, 0.717) is 11.1 Å². The van der Waals surface area contributed by atoms with Crippen molar-refractivity contribution < 1.29 is 26.3 Å². The number of allylic oxidation sites excluding steroid dienone is 4. The number of hydrogen-bond donors (Lipinski definition) is 0. The summed E-state index contributed by atoms with van der Waals surface area (Å²) in [4.78, 5) is 0. The molecule has 37 heavy (non-hydrogen) atoms. The van der Waals surface area contributed by atoms with Gasteiger partial charge in [-0.3, -0.25) is 0 Å². The molecule has 186 valence electrons. The third-order valence-electron chi connectivity index (χ3n) is 6.42. The molecule has 4 aromatic rings. The molecule has 0 saturated heterocycles. The molecule has 0 fully saturated rings. The van der Waals surface area contributed by atoms with Crippen molar-refractivity contribution in [3.05, 3.63) is 131 Å². The second kappa shape index (κ2) is 9.43. The highest BCUT2D eigenvalue weighted by Crippen LogP contribution is 2.38. The molecule has 0 aromatic heterocycles. The average Bonchev–Trinajstić information content (AvgIpc) is 3.38. The van der Waals surface area contributed by atoms with Crippen LogP contribution in [0.2, 0.25) is 0 Å². The highest BCUT2D eigenvalue weighted by molar-refractivity contribution is 6.07. The predicted octanol–water partition coefficient (Wildman–Crippen LogP) is 9.93. The van der Waals surface area contributed by atoms with Gasteiger partial charge in [0, 0.05) is 0 Å². The first kappa shape index (κ1) is 24.6. The van der Waals surface area contributed by atoms with Crippen LogP contribution in [0.3, 0.4) is 0 Å². The molecule has 6 heteroatoms. The lowest BCUT2D eigenvalue weighted by molar-refractivity contribution is -0.138. The van der Waals surface area contributed by atoms with E-state index in [4.69, 9.17) is 0 Å². The van der Waals surface area contributed by atoms with Crippen LogP contribution in [-0.4, -0.2) is 0 Å². The maximum atomic E-state index is 12.8. The molecule has 0 atom stereocenters. The summed E-state index contributed by atoms with van der Waals surface area (Å²) in [5, 5.41) is 0. The first-order valence-corrected chi connectivity index (χ1v) is 11.6. The van der Waals surface area contributed by atoms with Crippen molar-refractivity contribution in [3.63, 3.8) is 0 Å². The highest BCUT2D eigenvalue weighted by atomic mass is 19.4. The Kier molecular flexibility index (Phi) is 6.28. The van der Waals surface area contributed by atoms with Gasteiger partial charge in [-0.25, -0.2) is 0 Å². The van der Waals surface area contributed by atoms with Crippen molar-refractivity contribution in [1.29, 1.82) is 0 Å². The Balaban J connectivity index is 1.33. The van der Waals surface area contributed by atoms with Crippen LogP contribution in [0.25, 0.3) is 33.4 Å². The van der Waals surface area contributed by atoms with Crippen molar-refractivity contribution in [2.75, 3.05) is 0 Å². The molecule has 0 unspecified atom stereocenters. The van der Waals surface area contributed by atoms with Gasteiger partial charge in [0.15, 0.2) is 0 Å². The highest BCUT2D eigenvalue weighted by Gasteiger charge is 2.30. The first-order valence-electron chi connectivity index (χ1n) is 11.6. The summed E-state index contributed by atoms with van der Waals surface area (Å²) in [6, 6.07) is 25.6. The number of hydrogen-bond acceptors (Lipinski definition) is 0. The van der Waals surface area contributed by atoms with E-state index in [2.05, 4.69) is 12.2 Å². The smallest absolute Gasteiger partial charge is 0.166 e. The molecule has 0 radical (unpaired) electrons. The maximum Gasteiger partial charge on any atom is 0.416 e. The minimum Gasteiger partial charge on any atom is -0.166 e. The van der Waals surface area contributed by atoms with Gasteiger partial charge < -0.3 is 0 Å². The van der Waals surface area contributed by atoms with Gasteiger partial charge in [-0.2, -0.15) is 26.3 Å². The van der Waals surface area contributed by atoms with Crippen LogP contribution in [-0.2, 0) is 12.4 Å². The van der Waals surface area contributed by atoms with E-state index >= 15 is 0 Å². The van der Waals surface area contributed by atoms with Crippen molar-refractivity contribution >= 4 is 11.1 Å². The molecule has 1 aliphatic carbocycles. The number of rotatable bonds is 4. The second-order valence-corrected chi connectivity index (χ2v) is 8.78. The van der Waals surface area contributed by atoms with E-state index in [0.717, 1.165) is 64.1 Å². The molecular formula is C31H20F6. The lowest BCUT2D eigenvalue weighted by Gasteiger charge is -2.12. The zero-order valence-corrected chi connectivity index (χ0v) is 19.4. The van der Waals surface area contributed by atoms with Crippen molar-refractivity contribution in [1.82, 2.24) is 0 Å². The van der Waals surface area contributed by atoms with E-state index in [9.17, 15) is 26.3 Å². The summed E-state index contributed by atoms with van der Waals surface area (Å²) in [5.74, 6) is 0. The summed E-state index contributed by atoms with van der Waals surface area (Å²) < 4.78 is 77.0. The van der Waals surface area contributed by atoms with Gasteiger partial charge in [0.2, 0.25) is 0 Å². The van der Waals surface area contributed by atoms with Crippen molar-refractivity contribution in [3.8, 4) is 22.3 Å². The lowest BCUT2D eigenvalue weighted by atomic mass is 9.92. The normalized spacial score (nSPS) is 13.9. The van der Waals surface area contributed by atoms with Crippen LogP contribution in [0, 0.1) is 0 Å². The zero-order valence-electron chi connectivity index (χ0n) is 19.4. The first-order chi connectivity index (χ1) is 17.6. The lowest BCUT2D eigenvalue weighted by Crippen LogP contribution is -2.03. The van der Waals surface area contributed by atoms with Crippen LogP contribution in [0.1, 0.15) is 28.7 Å². The third-order valence-corrected chi connectivity index (χ3v) is 6.42. The minimum atomic E-state index is -4.37. The van der Waals surface area contributed by atoms with Crippen LogP contribution < -0.4 is 0 Å². The van der Waals surface area contributed by atoms with Crippen LogP contribution >= 0.6 is 0 Å². The third kappa shape index (κ3) is 5.24. The molecule has 0 aliphatic heterocycles. The monoisotopic (exact) mass is 506 g/mol. The van der Waals surface area contributed by atoms with Gasteiger partial charge in [0.25, 0.3) is 0 Å². The van der Waals surface area contributed by atoms with Gasteiger partial charge >= 0.3 is 12.4 Å². The fourth-order valence-electron chi connectivity index (χ4n) is 4.45. The van der Waals surface area contributed by atoms with Crippen LogP contribution in [0.5, 0.6) is 0 Å². The van der Waals surface area contributed by atoms with Gasteiger partial charge in [0.1, 0.15) is 0 Å². The van der Waals surface area contributed by atoms with E-state index in [-0.39, 0.29) is 0 Å². The van der Waals surface area contributed by atoms with Gasteiger partial charge in [0.05, 0.1) is 11.1 Å². The molecule has 0 amide bonds. The Morgan fingerprint density at radius 2 is 0.595 bits per heavy atom. The molecule has 0 saturated carbocycles.